The highest BCUT2D eigenvalue weighted by atomic mass is 15.0. The Bertz CT molecular complexity index is 2880. The summed E-state index contributed by atoms with van der Waals surface area (Å²) in [5.74, 6) is 2.68. The Morgan fingerprint density at radius 2 is 1.38 bits per heavy atom. The van der Waals surface area contributed by atoms with E-state index in [2.05, 4.69) is 150 Å². The van der Waals surface area contributed by atoms with Gasteiger partial charge in [0.05, 0.1) is 28.1 Å². The molecule has 3 heteroatoms. The van der Waals surface area contributed by atoms with Gasteiger partial charge in [0.15, 0.2) is 0 Å². The third-order valence-corrected chi connectivity index (χ3v) is 11.9. The summed E-state index contributed by atoms with van der Waals surface area (Å²) in [6.07, 6.45) is 23.7. The number of para-hydroxylation sites is 1. The summed E-state index contributed by atoms with van der Waals surface area (Å²) in [6.45, 7) is 6.34. The topological polar surface area (TPSA) is 22.8 Å². The number of nitrogens with zero attached hydrogens (tertiary/aromatic N) is 3. The van der Waals surface area contributed by atoms with Crippen LogP contribution in [-0.2, 0) is 6.42 Å². The molecule has 270 valence electrons. The van der Waals surface area contributed by atoms with Crippen molar-refractivity contribution < 1.29 is 0 Å². The minimum absolute atomic E-state index is 0.997. The molecule has 3 aliphatic carbocycles. The Kier molecular flexibility index (Phi) is 8.41. The molecule has 3 heterocycles. The Hall–Kier alpha value is -6.63. The number of allylic oxidation sites excluding steroid dienone is 4. The fourth-order valence-corrected chi connectivity index (χ4v) is 8.95. The highest BCUT2D eigenvalue weighted by Crippen LogP contribution is 2.43. The lowest BCUT2D eigenvalue weighted by molar-refractivity contribution is 0.665. The van der Waals surface area contributed by atoms with Gasteiger partial charge in [-0.25, -0.2) is 4.98 Å². The van der Waals surface area contributed by atoms with E-state index in [1.165, 1.54) is 84.2 Å². The molecule has 10 rings (SSSR count). The Balaban J connectivity index is 1.01. The van der Waals surface area contributed by atoms with E-state index in [0.717, 1.165) is 66.9 Å². The van der Waals surface area contributed by atoms with Crippen molar-refractivity contribution in [2.45, 2.75) is 51.9 Å². The quantitative estimate of drug-likeness (QED) is 0.143. The van der Waals surface area contributed by atoms with Crippen LogP contribution in [0.25, 0.3) is 62.6 Å². The normalized spacial score (nSPS) is 14.6. The summed E-state index contributed by atoms with van der Waals surface area (Å²) in [6, 6.07) is 40.3. The van der Waals surface area contributed by atoms with Crippen molar-refractivity contribution in [2.75, 3.05) is 0 Å². The number of aryl methyl sites for hydroxylation is 1. The van der Waals surface area contributed by atoms with E-state index < -0.39 is 0 Å². The first-order valence-corrected chi connectivity index (χ1v) is 19.9. The summed E-state index contributed by atoms with van der Waals surface area (Å²) in [7, 11) is 0. The molecule has 0 saturated heterocycles. The van der Waals surface area contributed by atoms with Crippen LogP contribution in [0.1, 0.15) is 89.1 Å². The van der Waals surface area contributed by atoms with Crippen LogP contribution in [-0.4, -0.2) is 14.1 Å². The zero-order chi connectivity index (χ0) is 37.8. The van der Waals surface area contributed by atoms with Gasteiger partial charge >= 0.3 is 0 Å². The van der Waals surface area contributed by atoms with Crippen molar-refractivity contribution in [3.05, 3.63) is 190 Å². The molecule has 3 nitrogen and oxygen atoms in total. The van der Waals surface area contributed by atoms with E-state index >= 15 is 0 Å². The second kappa shape index (κ2) is 13.9. The minimum atomic E-state index is 0.997. The smallest absolute Gasteiger partial charge is 0.0715 e. The zero-order valence-corrected chi connectivity index (χ0v) is 31.9. The first-order valence-electron chi connectivity index (χ1n) is 19.9. The number of hydrogen-bond acceptors (Lipinski definition) is 1. The molecule has 0 bridgehead atoms. The lowest BCUT2D eigenvalue weighted by atomic mass is 9.83. The monoisotopic (exact) mass is 721 g/mol. The van der Waals surface area contributed by atoms with Crippen LogP contribution in [0.15, 0.2) is 139 Å². The maximum atomic E-state index is 5.67. The minimum Gasteiger partial charge on any atom is -0.310 e. The number of benzene rings is 4. The van der Waals surface area contributed by atoms with Crippen molar-refractivity contribution in [3.8, 4) is 23.7 Å². The molecule has 0 unspecified atom stereocenters. The molecule has 4 aromatic carbocycles. The molecule has 0 N–H and O–H groups in total. The van der Waals surface area contributed by atoms with Crippen LogP contribution in [0.4, 0.5) is 0 Å². The molecule has 3 aromatic heterocycles. The molecule has 0 amide bonds. The first-order chi connectivity index (χ1) is 27.6. The molecule has 2 fully saturated rings. The van der Waals surface area contributed by atoms with Crippen LogP contribution < -0.4 is 0 Å². The predicted molar refractivity (Wildman–Crippen MR) is 236 cm³/mol. The van der Waals surface area contributed by atoms with Crippen molar-refractivity contribution in [2.24, 2.45) is 0 Å². The number of aromatic nitrogens is 3. The zero-order valence-electron chi connectivity index (χ0n) is 31.9. The van der Waals surface area contributed by atoms with E-state index in [9.17, 15) is 0 Å². The largest absolute Gasteiger partial charge is 0.310 e. The second-order valence-electron chi connectivity index (χ2n) is 15.3. The van der Waals surface area contributed by atoms with E-state index in [-0.39, 0.29) is 0 Å². The van der Waals surface area contributed by atoms with E-state index in [4.69, 9.17) is 11.4 Å². The summed E-state index contributed by atoms with van der Waals surface area (Å²) >= 11 is 0. The molecule has 0 atom stereocenters. The lowest BCUT2D eigenvalue weighted by Gasteiger charge is -2.23. The summed E-state index contributed by atoms with van der Waals surface area (Å²) in [5, 5.41) is 2.58. The maximum Gasteiger partial charge on any atom is 0.0715 e. The molecule has 0 spiro atoms. The van der Waals surface area contributed by atoms with Gasteiger partial charge in [0.25, 0.3) is 0 Å². The fraction of sp³-hybridized carbons (Fsp3) is 0.151. The van der Waals surface area contributed by atoms with Crippen LogP contribution in [0.2, 0.25) is 0 Å². The van der Waals surface area contributed by atoms with E-state index in [0.29, 0.717) is 0 Å². The summed E-state index contributed by atoms with van der Waals surface area (Å²) in [4.78, 5) is 5.48. The molecular weight excluding hydrogens is 679 g/mol. The Morgan fingerprint density at radius 1 is 0.714 bits per heavy atom. The van der Waals surface area contributed by atoms with Gasteiger partial charge < -0.3 is 9.13 Å². The van der Waals surface area contributed by atoms with Crippen molar-refractivity contribution in [1.29, 1.82) is 0 Å². The second-order valence-corrected chi connectivity index (χ2v) is 15.3. The van der Waals surface area contributed by atoms with Crippen LogP contribution in [0.5, 0.6) is 0 Å². The van der Waals surface area contributed by atoms with Gasteiger partial charge in [-0.1, -0.05) is 96.0 Å². The van der Waals surface area contributed by atoms with Crippen molar-refractivity contribution in [3.63, 3.8) is 0 Å². The number of fused-ring (bicyclic) bond motifs is 4. The third-order valence-electron chi connectivity index (χ3n) is 11.9. The van der Waals surface area contributed by atoms with Crippen LogP contribution in [0.3, 0.4) is 0 Å². The number of hydrogen-bond donors (Lipinski definition) is 0. The molecule has 2 saturated carbocycles. The summed E-state index contributed by atoms with van der Waals surface area (Å²) < 4.78 is 4.73. The maximum absolute atomic E-state index is 5.67. The lowest BCUT2D eigenvalue weighted by Crippen LogP contribution is -2.06. The highest BCUT2D eigenvalue weighted by molar-refractivity contribution is 6.09. The van der Waals surface area contributed by atoms with Gasteiger partial charge in [-0.05, 0) is 141 Å². The van der Waals surface area contributed by atoms with Gasteiger partial charge in [-0.2, -0.15) is 0 Å². The molecular formula is C53H43N3. The number of pyridine rings is 1. The number of rotatable bonds is 8. The Labute approximate surface area is 329 Å². The molecule has 7 aromatic rings. The standard InChI is InChI=1S/C53H43N3/c1-4-6-19-48-42(5-2)43-15-7-9-20-49(43)55(48)40-29-27-39(28-30-40)53(37-23-24-37)47-18-12-17-46(54-47)52(36-13-11-14-36)38-25-31-41(32-26-38)56-50-21-10-8-16-44(50)45-34-35(3)22-33-51(45)56/h1,5-6,8-10,12,16-22,25-34H,2,7,11,13-15,23-24H2,3H3/b19-6-. The van der Waals surface area contributed by atoms with E-state index in [1.54, 1.807) is 6.08 Å². The van der Waals surface area contributed by atoms with Gasteiger partial charge in [-0.3, -0.25) is 0 Å². The molecule has 56 heavy (non-hydrogen) atoms. The van der Waals surface area contributed by atoms with Gasteiger partial charge in [0.1, 0.15) is 0 Å². The average Bonchev–Trinajstić information content (AvgIpc) is 3.93. The molecule has 3 aliphatic rings. The van der Waals surface area contributed by atoms with Crippen LogP contribution in [0, 0.1) is 19.3 Å². The highest BCUT2D eigenvalue weighted by Gasteiger charge is 2.25. The van der Waals surface area contributed by atoms with Crippen molar-refractivity contribution in [1.82, 2.24) is 14.1 Å². The predicted octanol–water partition coefficient (Wildman–Crippen LogP) is 13.1. The fourth-order valence-electron chi connectivity index (χ4n) is 8.95. The van der Waals surface area contributed by atoms with Crippen molar-refractivity contribution >= 4 is 51.2 Å². The Morgan fingerprint density at radius 3 is 2.02 bits per heavy atom. The molecule has 0 radical (unpaired) electrons. The van der Waals surface area contributed by atoms with E-state index in [1.807, 2.05) is 12.2 Å². The van der Waals surface area contributed by atoms with Crippen LogP contribution >= 0.6 is 0 Å². The first kappa shape index (κ1) is 33.9. The van der Waals surface area contributed by atoms with Gasteiger partial charge in [0, 0.05) is 44.6 Å². The SMILES string of the molecule is C#C/C=C\c1c(C=C)c2c(n1-c1ccc(C(=C3CC3)c3cccc(C(=C4CCC4)c4ccc(-n5c6ccccc6c6cc(C)ccc65)cc4)n3)cc1)C=CCC2. The average molecular weight is 722 g/mol. The third kappa shape index (κ3) is 5.73. The summed E-state index contributed by atoms with van der Waals surface area (Å²) in [5.41, 5.74) is 20.9. The molecule has 0 aliphatic heterocycles. The van der Waals surface area contributed by atoms with Gasteiger partial charge in [0.2, 0.25) is 0 Å². The van der Waals surface area contributed by atoms with Gasteiger partial charge in [-0.15, -0.1) is 6.42 Å². The number of terminal acetylenes is 1.